The van der Waals surface area contributed by atoms with Crippen molar-refractivity contribution in [3.05, 3.63) is 39.9 Å². The number of halogens is 1. The summed E-state index contributed by atoms with van der Waals surface area (Å²) < 4.78 is 1.16. The second-order valence-corrected chi connectivity index (χ2v) is 5.93. The third-order valence-electron chi connectivity index (χ3n) is 3.57. The van der Waals surface area contributed by atoms with Crippen molar-refractivity contribution in [2.24, 2.45) is 0 Å². The number of benzene rings is 1. The van der Waals surface area contributed by atoms with Crippen molar-refractivity contribution in [2.75, 3.05) is 0 Å². The fraction of sp³-hybridized carbons (Fsp3) is 0.400. The number of rotatable bonds is 2. The first-order valence-corrected chi connectivity index (χ1v) is 7.32. The van der Waals surface area contributed by atoms with E-state index < -0.39 is 0 Å². The molecule has 0 bridgehead atoms. The van der Waals surface area contributed by atoms with Crippen LogP contribution < -0.4 is 5.32 Å². The number of fused-ring (bicyclic) bond motifs is 1. The van der Waals surface area contributed by atoms with E-state index in [1.807, 2.05) is 6.07 Å². The molecule has 94 valence electrons. The average Bonchev–Trinajstić information content (AvgIpc) is 3.14. The minimum Gasteiger partial charge on any atom is -0.350 e. The Morgan fingerprint density at radius 1 is 1.33 bits per heavy atom. The highest BCUT2D eigenvalue weighted by atomic mass is 79.9. The van der Waals surface area contributed by atoms with Crippen molar-refractivity contribution in [1.82, 2.24) is 5.32 Å². The Bertz CT molecular complexity index is 517. The third kappa shape index (κ3) is 2.51. The van der Waals surface area contributed by atoms with E-state index >= 15 is 0 Å². The molecule has 2 nitrogen and oxygen atoms in total. The molecule has 0 saturated heterocycles. The molecule has 1 saturated carbocycles. The molecule has 3 heteroatoms. The number of carbonyl (C=O) groups is 1. The molecular formula is C15H16BrNO. The Morgan fingerprint density at radius 3 is 2.94 bits per heavy atom. The van der Waals surface area contributed by atoms with Gasteiger partial charge in [-0.3, -0.25) is 4.79 Å². The molecule has 0 atom stereocenters. The molecule has 0 aliphatic heterocycles. The van der Waals surface area contributed by atoms with Gasteiger partial charge in [-0.15, -0.1) is 0 Å². The van der Waals surface area contributed by atoms with Gasteiger partial charge in [0.1, 0.15) is 0 Å². The van der Waals surface area contributed by atoms with Gasteiger partial charge in [0.25, 0.3) is 0 Å². The first-order chi connectivity index (χ1) is 8.74. The third-order valence-corrected chi connectivity index (χ3v) is 4.31. The van der Waals surface area contributed by atoms with Gasteiger partial charge in [-0.05, 0) is 54.9 Å². The second-order valence-electron chi connectivity index (χ2n) is 5.07. The van der Waals surface area contributed by atoms with Gasteiger partial charge in [0, 0.05) is 16.6 Å². The minimum atomic E-state index is 0.0697. The van der Waals surface area contributed by atoms with Crippen LogP contribution >= 0.6 is 15.9 Å². The first-order valence-electron chi connectivity index (χ1n) is 6.53. The minimum absolute atomic E-state index is 0.0697. The summed E-state index contributed by atoms with van der Waals surface area (Å²) in [6.07, 6.45) is 7.29. The number of nitrogens with one attached hydrogen (secondary N) is 1. The van der Waals surface area contributed by atoms with Crippen LogP contribution in [0.2, 0.25) is 0 Å². The predicted molar refractivity (Wildman–Crippen MR) is 76.2 cm³/mol. The first kappa shape index (κ1) is 12.0. The van der Waals surface area contributed by atoms with E-state index in [0.717, 1.165) is 36.6 Å². The van der Waals surface area contributed by atoms with Gasteiger partial charge in [0.15, 0.2) is 0 Å². The zero-order valence-electron chi connectivity index (χ0n) is 10.2. The van der Waals surface area contributed by atoms with Crippen LogP contribution in [0.25, 0.3) is 5.57 Å². The highest BCUT2D eigenvalue weighted by Gasteiger charge is 2.23. The lowest BCUT2D eigenvalue weighted by Gasteiger charge is -2.20. The number of hydrogen-bond acceptors (Lipinski definition) is 1. The fourth-order valence-corrected chi connectivity index (χ4v) is 3.05. The van der Waals surface area contributed by atoms with Gasteiger partial charge in [0.05, 0.1) is 0 Å². The van der Waals surface area contributed by atoms with E-state index in [1.54, 1.807) is 6.08 Å². The van der Waals surface area contributed by atoms with Gasteiger partial charge in [0.2, 0.25) is 5.91 Å². The SMILES string of the molecule is O=C(/C=C1\CCCc2c(Br)cccc21)NC1CC1. The fourth-order valence-electron chi connectivity index (χ4n) is 2.48. The predicted octanol–water partition coefficient (Wildman–Crippen LogP) is 3.45. The van der Waals surface area contributed by atoms with Crippen LogP contribution in [0.15, 0.2) is 28.7 Å². The summed E-state index contributed by atoms with van der Waals surface area (Å²) in [6.45, 7) is 0. The lowest BCUT2D eigenvalue weighted by atomic mass is 9.87. The highest BCUT2D eigenvalue weighted by molar-refractivity contribution is 9.10. The quantitative estimate of drug-likeness (QED) is 0.833. The molecule has 1 fully saturated rings. The summed E-state index contributed by atoms with van der Waals surface area (Å²) in [5.74, 6) is 0.0697. The Kier molecular flexibility index (Phi) is 3.25. The van der Waals surface area contributed by atoms with E-state index in [0.29, 0.717) is 6.04 Å². The largest absolute Gasteiger partial charge is 0.350 e. The monoisotopic (exact) mass is 305 g/mol. The molecule has 0 heterocycles. The summed E-state index contributed by atoms with van der Waals surface area (Å²) >= 11 is 3.60. The normalized spacial score (nSPS) is 20.6. The summed E-state index contributed by atoms with van der Waals surface area (Å²) in [5, 5.41) is 3.02. The number of carbonyl (C=O) groups excluding carboxylic acids is 1. The number of allylic oxidation sites excluding steroid dienone is 1. The van der Waals surface area contributed by atoms with E-state index in [1.165, 1.54) is 16.7 Å². The van der Waals surface area contributed by atoms with Crippen LogP contribution in [0.3, 0.4) is 0 Å². The van der Waals surface area contributed by atoms with Crippen LogP contribution in [-0.4, -0.2) is 11.9 Å². The van der Waals surface area contributed by atoms with Gasteiger partial charge in [-0.1, -0.05) is 28.1 Å². The van der Waals surface area contributed by atoms with Crippen LogP contribution in [-0.2, 0) is 11.2 Å². The zero-order chi connectivity index (χ0) is 12.5. The zero-order valence-corrected chi connectivity index (χ0v) is 11.8. The standard InChI is InChI=1S/C15H16BrNO/c16-14-6-2-4-12-10(3-1-5-13(12)14)9-15(18)17-11-7-8-11/h2,4,6,9,11H,1,3,5,7-8H2,(H,17,18)/b10-9+. The van der Waals surface area contributed by atoms with Gasteiger partial charge < -0.3 is 5.32 Å². The smallest absolute Gasteiger partial charge is 0.244 e. The summed E-state index contributed by atoms with van der Waals surface area (Å²) in [4.78, 5) is 11.9. The van der Waals surface area contributed by atoms with E-state index in [4.69, 9.17) is 0 Å². The Morgan fingerprint density at radius 2 is 2.17 bits per heavy atom. The van der Waals surface area contributed by atoms with Gasteiger partial charge >= 0.3 is 0 Å². The van der Waals surface area contributed by atoms with Crippen molar-refractivity contribution >= 4 is 27.4 Å². The van der Waals surface area contributed by atoms with Crippen LogP contribution in [0.4, 0.5) is 0 Å². The van der Waals surface area contributed by atoms with Crippen molar-refractivity contribution in [1.29, 1.82) is 0 Å². The summed E-state index contributed by atoms with van der Waals surface area (Å²) in [6, 6.07) is 6.67. The van der Waals surface area contributed by atoms with Gasteiger partial charge in [-0.25, -0.2) is 0 Å². The Labute approximate surface area is 116 Å². The average molecular weight is 306 g/mol. The van der Waals surface area contributed by atoms with Crippen molar-refractivity contribution in [2.45, 2.75) is 38.1 Å². The molecule has 2 aliphatic carbocycles. The molecule has 0 radical (unpaired) electrons. The molecular weight excluding hydrogens is 290 g/mol. The topological polar surface area (TPSA) is 29.1 Å². The number of amides is 1. The van der Waals surface area contributed by atoms with E-state index in [2.05, 4.69) is 33.4 Å². The Balaban J connectivity index is 1.88. The molecule has 1 amide bonds. The molecule has 1 aromatic rings. The lowest BCUT2D eigenvalue weighted by Crippen LogP contribution is -2.23. The molecule has 3 rings (SSSR count). The molecule has 18 heavy (non-hydrogen) atoms. The van der Waals surface area contributed by atoms with E-state index in [9.17, 15) is 4.79 Å². The van der Waals surface area contributed by atoms with Crippen molar-refractivity contribution in [3.63, 3.8) is 0 Å². The van der Waals surface area contributed by atoms with Crippen molar-refractivity contribution in [3.8, 4) is 0 Å². The highest BCUT2D eigenvalue weighted by Crippen LogP contribution is 2.34. The molecule has 2 aliphatic rings. The summed E-state index contributed by atoms with van der Waals surface area (Å²) in [5.41, 5.74) is 3.76. The van der Waals surface area contributed by atoms with Crippen LogP contribution in [0.5, 0.6) is 0 Å². The molecule has 0 unspecified atom stereocenters. The lowest BCUT2D eigenvalue weighted by molar-refractivity contribution is -0.116. The number of hydrogen-bond donors (Lipinski definition) is 1. The van der Waals surface area contributed by atoms with E-state index in [-0.39, 0.29) is 5.91 Å². The molecule has 0 spiro atoms. The molecule has 1 N–H and O–H groups in total. The van der Waals surface area contributed by atoms with Crippen LogP contribution in [0, 0.1) is 0 Å². The molecule has 1 aromatic carbocycles. The maximum atomic E-state index is 11.9. The maximum Gasteiger partial charge on any atom is 0.244 e. The van der Waals surface area contributed by atoms with Gasteiger partial charge in [-0.2, -0.15) is 0 Å². The Hall–Kier alpha value is -1.09. The molecule has 0 aromatic heterocycles. The summed E-state index contributed by atoms with van der Waals surface area (Å²) in [7, 11) is 0. The van der Waals surface area contributed by atoms with Crippen LogP contribution in [0.1, 0.15) is 36.8 Å². The van der Waals surface area contributed by atoms with Crippen molar-refractivity contribution < 1.29 is 4.79 Å². The maximum absolute atomic E-state index is 11.9. The second kappa shape index (κ2) is 4.88.